The fourth-order valence-electron chi connectivity index (χ4n) is 2.81. The van der Waals surface area contributed by atoms with E-state index in [0.717, 1.165) is 25.1 Å². The number of hydrogen-bond donors (Lipinski definition) is 2. The third-order valence-corrected chi connectivity index (χ3v) is 4.29. The number of rotatable bonds is 9. The Bertz CT molecular complexity index is 773. The Morgan fingerprint density at radius 3 is 2.50 bits per heavy atom. The van der Waals surface area contributed by atoms with Crippen LogP contribution in [-0.2, 0) is 17.8 Å². The molecule has 2 aromatic rings. The molecule has 0 fully saturated rings. The lowest BCUT2D eigenvalue weighted by atomic mass is 10.1. The van der Waals surface area contributed by atoms with Gasteiger partial charge in [0.2, 0.25) is 0 Å². The average molecular weight is 406 g/mol. The number of halogens is 1. The monoisotopic (exact) mass is 405 g/mol. The summed E-state index contributed by atoms with van der Waals surface area (Å²) in [6.45, 7) is 7.41. The Labute approximate surface area is 172 Å². The molecule has 0 atom stereocenters. The van der Waals surface area contributed by atoms with E-state index >= 15 is 0 Å². The predicted molar refractivity (Wildman–Crippen MR) is 112 cm³/mol. The molecular formula is C22H30ClN2O3+. The zero-order valence-electron chi connectivity index (χ0n) is 17.0. The van der Waals surface area contributed by atoms with E-state index in [1.54, 1.807) is 7.11 Å². The quantitative estimate of drug-likeness (QED) is 0.630. The Balaban J connectivity index is 1.91. The summed E-state index contributed by atoms with van der Waals surface area (Å²) in [6, 6.07) is 14.2. The van der Waals surface area contributed by atoms with Crippen molar-refractivity contribution in [1.29, 1.82) is 0 Å². The zero-order chi connectivity index (χ0) is 20.6. The van der Waals surface area contributed by atoms with Crippen LogP contribution in [0, 0.1) is 0 Å². The molecule has 28 heavy (non-hydrogen) atoms. The van der Waals surface area contributed by atoms with E-state index in [1.165, 1.54) is 5.56 Å². The van der Waals surface area contributed by atoms with E-state index in [2.05, 4.69) is 34.9 Å². The number of nitrogens with one attached hydrogen (secondary N) is 1. The van der Waals surface area contributed by atoms with E-state index in [9.17, 15) is 4.79 Å². The highest BCUT2D eigenvalue weighted by atomic mass is 35.5. The third-order valence-electron chi connectivity index (χ3n) is 4.01. The van der Waals surface area contributed by atoms with Gasteiger partial charge in [0, 0.05) is 17.5 Å². The number of methoxy groups -OCH3 is 1. The Morgan fingerprint density at radius 2 is 1.86 bits per heavy atom. The standard InChI is InChI=1S/C22H29ClN2O3/c1-22(2,3)25-20(26)15-28-21-18(23)12-17(13-19(21)27-4)14-24-11-10-16-8-6-5-7-9-16/h5-9,12-13,24H,10-11,14-15H2,1-4H3,(H,25,26)/p+1. The van der Waals surface area contributed by atoms with Crippen LogP contribution in [0.1, 0.15) is 31.9 Å². The van der Waals surface area contributed by atoms with Crippen LogP contribution < -0.4 is 20.1 Å². The van der Waals surface area contributed by atoms with Crippen molar-refractivity contribution >= 4 is 17.5 Å². The topological polar surface area (TPSA) is 64.2 Å². The molecule has 2 rings (SSSR count). The number of quaternary nitrogens is 1. The predicted octanol–water partition coefficient (Wildman–Crippen LogP) is 2.95. The second-order valence-electron chi connectivity index (χ2n) is 7.71. The van der Waals surface area contributed by atoms with Crippen molar-refractivity contribution in [3.63, 3.8) is 0 Å². The summed E-state index contributed by atoms with van der Waals surface area (Å²) in [7, 11) is 1.57. The van der Waals surface area contributed by atoms with Crippen molar-refractivity contribution in [2.75, 3.05) is 20.3 Å². The van der Waals surface area contributed by atoms with Gasteiger partial charge in [-0.3, -0.25) is 4.79 Å². The second kappa shape index (κ2) is 10.3. The summed E-state index contributed by atoms with van der Waals surface area (Å²) in [5.41, 5.74) is 2.06. The van der Waals surface area contributed by atoms with Crippen molar-refractivity contribution in [3.05, 3.63) is 58.6 Å². The molecule has 3 N–H and O–H groups in total. The molecule has 0 saturated carbocycles. The summed E-state index contributed by atoms with van der Waals surface area (Å²) in [5, 5.41) is 5.52. The summed E-state index contributed by atoms with van der Waals surface area (Å²) >= 11 is 6.39. The third kappa shape index (κ3) is 7.41. The van der Waals surface area contributed by atoms with Gasteiger partial charge in [-0.25, -0.2) is 0 Å². The van der Waals surface area contributed by atoms with Gasteiger partial charge in [-0.15, -0.1) is 0 Å². The zero-order valence-corrected chi connectivity index (χ0v) is 17.8. The van der Waals surface area contributed by atoms with E-state index in [0.29, 0.717) is 16.5 Å². The molecule has 6 heteroatoms. The number of amides is 1. The maximum absolute atomic E-state index is 12.0. The van der Waals surface area contributed by atoms with Crippen LogP contribution in [0.4, 0.5) is 0 Å². The van der Waals surface area contributed by atoms with E-state index in [4.69, 9.17) is 21.1 Å². The van der Waals surface area contributed by atoms with Crippen LogP contribution in [0.3, 0.4) is 0 Å². The lowest BCUT2D eigenvalue weighted by molar-refractivity contribution is -0.670. The van der Waals surface area contributed by atoms with Crippen LogP contribution in [0.15, 0.2) is 42.5 Å². The molecule has 0 radical (unpaired) electrons. The van der Waals surface area contributed by atoms with E-state index in [1.807, 2.05) is 39.0 Å². The molecule has 0 bridgehead atoms. The maximum atomic E-state index is 12.0. The number of carbonyl (C=O) groups excluding carboxylic acids is 1. The lowest BCUT2D eigenvalue weighted by Gasteiger charge is -2.21. The molecular weight excluding hydrogens is 376 g/mol. The van der Waals surface area contributed by atoms with Gasteiger partial charge in [-0.1, -0.05) is 41.9 Å². The van der Waals surface area contributed by atoms with Crippen molar-refractivity contribution < 1.29 is 19.6 Å². The molecule has 0 aromatic heterocycles. The lowest BCUT2D eigenvalue weighted by Crippen LogP contribution is -2.83. The molecule has 0 aliphatic rings. The van der Waals surface area contributed by atoms with Gasteiger partial charge < -0.3 is 20.1 Å². The Kier molecular flexibility index (Phi) is 8.15. The molecule has 0 aliphatic heterocycles. The van der Waals surface area contributed by atoms with Crippen LogP contribution >= 0.6 is 11.6 Å². The average Bonchev–Trinajstić information content (AvgIpc) is 2.63. The first-order chi connectivity index (χ1) is 13.3. The summed E-state index contributed by atoms with van der Waals surface area (Å²) < 4.78 is 11.0. The highest BCUT2D eigenvalue weighted by molar-refractivity contribution is 6.32. The molecule has 2 aromatic carbocycles. The molecule has 5 nitrogen and oxygen atoms in total. The minimum Gasteiger partial charge on any atom is -0.493 e. The van der Waals surface area contributed by atoms with Gasteiger partial charge in [0.25, 0.3) is 5.91 Å². The molecule has 0 aliphatic carbocycles. The Morgan fingerprint density at radius 1 is 1.14 bits per heavy atom. The minimum atomic E-state index is -0.312. The number of carbonyl (C=O) groups is 1. The first-order valence-corrected chi connectivity index (χ1v) is 9.82. The number of benzene rings is 2. The van der Waals surface area contributed by atoms with Gasteiger partial charge in [-0.05, 0) is 38.5 Å². The smallest absolute Gasteiger partial charge is 0.258 e. The molecule has 1 amide bonds. The van der Waals surface area contributed by atoms with E-state index in [-0.39, 0.29) is 18.1 Å². The fourth-order valence-corrected chi connectivity index (χ4v) is 3.09. The van der Waals surface area contributed by atoms with Crippen molar-refractivity contribution in [2.45, 2.75) is 39.3 Å². The van der Waals surface area contributed by atoms with Gasteiger partial charge in [-0.2, -0.15) is 0 Å². The van der Waals surface area contributed by atoms with Crippen molar-refractivity contribution in [1.82, 2.24) is 5.32 Å². The van der Waals surface area contributed by atoms with Crippen LogP contribution in [0.25, 0.3) is 0 Å². The van der Waals surface area contributed by atoms with Crippen molar-refractivity contribution in [2.24, 2.45) is 0 Å². The molecule has 0 unspecified atom stereocenters. The van der Waals surface area contributed by atoms with Gasteiger partial charge in [0.15, 0.2) is 18.1 Å². The molecule has 0 spiro atoms. The molecule has 152 valence electrons. The van der Waals surface area contributed by atoms with Gasteiger partial charge >= 0.3 is 0 Å². The van der Waals surface area contributed by atoms with Gasteiger partial charge in [0.05, 0.1) is 18.7 Å². The molecule has 0 saturated heterocycles. The first kappa shape index (κ1) is 22.1. The fraction of sp³-hybridized carbons (Fsp3) is 0.409. The largest absolute Gasteiger partial charge is 0.493 e. The minimum absolute atomic E-state index is 0.115. The molecule has 0 heterocycles. The number of hydrogen-bond acceptors (Lipinski definition) is 3. The van der Waals surface area contributed by atoms with E-state index < -0.39 is 0 Å². The van der Waals surface area contributed by atoms with Crippen LogP contribution in [-0.4, -0.2) is 31.7 Å². The highest BCUT2D eigenvalue weighted by Gasteiger charge is 2.17. The Hall–Kier alpha value is -2.24. The number of ether oxygens (including phenoxy) is 2. The second-order valence-corrected chi connectivity index (χ2v) is 8.12. The van der Waals surface area contributed by atoms with Crippen LogP contribution in [0.5, 0.6) is 11.5 Å². The number of nitrogens with two attached hydrogens (primary N) is 1. The van der Waals surface area contributed by atoms with Crippen molar-refractivity contribution in [3.8, 4) is 11.5 Å². The summed E-state index contributed by atoms with van der Waals surface area (Å²) in [6.07, 6.45) is 1.01. The highest BCUT2D eigenvalue weighted by Crippen LogP contribution is 2.36. The van der Waals surface area contributed by atoms with Crippen LogP contribution in [0.2, 0.25) is 5.02 Å². The summed E-state index contributed by atoms with van der Waals surface area (Å²) in [4.78, 5) is 12.0. The van der Waals surface area contributed by atoms with Gasteiger partial charge in [0.1, 0.15) is 6.54 Å². The first-order valence-electron chi connectivity index (χ1n) is 9.44. The SMILES string of the molecule is COc1cc(C[NH2+]CCc2ccccc2)cc(Cl)c1OCC(=O)NC(C)(C)C. The summed E-state index contributed by atoms with van der Waals surface area (Å²) in [5.74, 6) is 0.715. The maximum Gasteiger partial charge on any atom is 0.258 e. The normalized spacial score (nSPS) is 11.2.